The number of benzene rings is 3. The van der Waals surface area contributed by atoms with Crippen LogP contribution in [-0.2, 0) is 16.4 Å². The molecule has 4 aromatic rings. The van der Waals surface area contributed by atoms with Crippen LogP contribution in [-0.4, -0.2) is 31.9 Å². The fraction of sp³-hybridized carbons (Fsp3) is 0.324. The lowest BCUT2D eigenvalue weighted by molar-refractivity contribution is 0.189. The minimum Gasteiger partial charge on any atom is -0.490 e. The van der Waals surface area contributed by atoms with Gasteiger partial charge in [-0.15, -0.1) is 27.9 Å². The van der Waals surface area contributed by atoms with Crippen molar-refractivity contribution in [2.24, 2.45) is 5.10 Å². The van der Waals surface area contributed by atoms with Gasteiger partial charge in [0.15, 0.2) is 9.84 Å². The molecular formula is C34H36N4O4S2. The summed E-state index contributed by atoms with van der Waals surface area (Å²) in [5.74, 6) is 9.14. The van der Waals surface area contributed by atoms with Crippen molar-refractivity contribution in [3.05, 3.63) is 82.2 Å². The molecule has 44 heavy (non-hydrogen) atoms. The van der Waals surface area contributed by atoms with Crippen LogP contribution < -0.4 is 26.0 Å². The maximum atomic E-state index is 11.8. The summed E-state index contributed by atoms with van der Waals surface area (Å²) in [6.07, 6.45) is 1.71. The van der Waals surface area contributed by atoms with Gasteiger partial charge in [-0.25, -0.2) is 14.0 Å². The van der Waals surface area contributed by atoms with E-state index < -0.39 is 9.84 Å². The molecule has 0 aliphatic carbocycles. The Morgan fingerprint density at radius 2 is 1.80 bits per heavy atom. The summed E-state index contributed by atoms with van der Waals surface area (Å²) in [7, 11) is -2.91. The SMILES string of the molecule is CC#C[C@@H](CC1=NNNN1)c1ccc(OCc2ccc3sc(C)c(-c4ccc(OC5CCS(=O)(=O)CC5)cc4C)c3c2)cc1. The Bertz CT molecular complexity index is 1860. The predicted molar refractivity (Wildman–Crippen MR) is 177 cm³/mol. The lowest BCUT2D eigenvalue weighted by Crippen LogP contribution is -2.35. The van der Waals surface area contributed by atoms with Gasteiger partial charge in [0.2, 0.25) is 0 Å². The van der Waals surface area contributed by atoms with Crippen molar-refractivity contribution in [2.75, 3.05) is 11.5 Å². The first-order chi connectivity index (χ1) is 21.3. The molecule has 1 aromatic heterocycles. The van der Waals surface area contributed by atoms with E-state index in [9.17, 15) is 8.42 Å². The van der Waals surface area contributed by atoms with Gasteiger partial charge in [-0.3, -0.25) is 5.43 Å². The van der Waals surface area contributed by atoms with Crippen molar-refractivity contribution in [2.45, 2.75) is 58.7 Å². The van der Waals surface area contributed by atoms with E-state index in [4.69, 9.17) is 9.47 Å². The smallest absolute Gasteiger partial charge is 0.150 e. The molecule has 3 aromatic carbocycles. The van der Waals surface area contributed by atoms with Crippen molar-refractivity contribution >= 4 is 37.1 Å². The molecule has 3 N–H and O–H groups in total. The van der Waals surface area contributed by atoms with Gasteiger partial charge >= 0.3 is 0 Å². The van der Waals surface area contributed by atoms with E-state index in [1.807, 2.05) is 25.1 Å². The molecule has 1 saturated heterocycles. The molecular weight excluding hydrogens is 593 g/mol. The molecule has 2 aliphatic rings. The molecule has 2 aliphatic heterocycles. The van der Waals surface area contributed by atoms with Crippen LogP contribution in [0, 0.1) is 25.7 Å². The summed E-state index contributed by atoms with van der Waals surface area (Å²) >= 11 is 1.80. The van der Waals surface area contributed by atoms with E-state index in [-0.39, 0.29) is 23.5 Å². The summed E-state index contributed by atoms with van der Waals surface area (Å²) in [5, 5.41) is 5.39. The van der Waals surface area contributed by atoms with E-state index in [2.05, 4.69) is 89.7 Å². The first-order valence-electron chi connectivity index (χ1n) is 14.8. The number of sulfone groups is 1. The molecule has 228 valence electrons. The number of hydrogen-bond acceptors (Lipinski definition) is 9. The first-order valence-corrected chi connectivity index (χ1v) is 17.4. The number of nitrogens with one attached hydrogen (secondary N) is 3. The molecule has 1 atom stereocenters. The Morgan fingerprint density at radius 3 is 2.50 bits per heavy atom. The van der Waals surface area contributed by atoms with Crippen LogP contribution in [0.15, 0.2) is 65.8 Å². The summed E-state index contributed by atoms with van der Waals surface area (Å²) < 4.78 is 37.2. The summed E-state index contributed by atoms with van der Waals surface area (Å²) in [6, 6.07) is 20.9. The van der Waals surface area contributed by atoms with Crippen molar-refractivity contribution in [1.29, 1.82) is 0 Å². The normalized spacial score (nSPS) is 16.8. The summed E-state index contributed by atoms with van der Waals surface area (Å²) in [6.45, 7) is 6.59. The minimum absolute atomic E-state index is 0.0276. The quantitative estimate of drug-likeness (QED) is 0.191. The van der Waals surface area contributed by atoms with Gasteiger partial charge in [0.05, 0.1) is 17.4 Å². The van der Waals surface area contributed by atoms with E-state index in [1.54, 1.807) is 11.3 Å². The Balaban J connectivity index is 1.15. The molecule has 1 fully saturated rings. The summed E-state index contributed by atoms with van der Waals surface area (Å²) in [5.41, 5.74) is 14.2. The second-order valence-electron chi connectivity index (χ2n) is 11.2. The number of hydrazine groups is 2. The molecule has 0 saturated carbocycles. The van der Waals surface area contributed by atoms with Gasteiger partial charge in [-0.2, -0.15) is 0 Å². The lowest BCUT2D eigenvalue weighted by atomic mass is 9.95. The topological polar surface area (TPSA) is 101 Å². The number of hydrazone groups is 1. The monoisotopic (exact) mass is 628 g/mol. The number of fused-ring (bicyclic) bond motifs is 1. The number of thiophene rings is 1. The Labute approximate surface area is 262 Å². The molecule has 0 spiro atoms. The zero-order chi connectivity index (χ0) is 30.7. The maximum absolute atomic E-state index is 11.8. The average molecular weight is 629 g/mol. The molecule has 0 radical (unpaired) electrons. The van der Waals surface area contributed by atoms with Crippen LogP contribution in [0.2, 0.25) is 0 Å². The number of nitrogens with zero attached hydrogens (tertiary/aromatic N) is 1. The third kappa shape index (κ3) is 6.86. The second kappa shape index (κ2) is 12.9. The fourth-order valence-electron chi connectivity index (χ4n) is 5.76. The molecule has 6 rings (SSSR count). The van der Waals surface area contributed by atoms with Gasteiger partial charge < -0.3 is 9.47 Å². The zero-order valence-electron chi connectivity index (χ0n) is 25.1. The van der Waals surface area contributed by atoms with Crippen molar-refractivity contribution in [1.82, 2.24) is 16.5 Å². The van der Waals surface area contributed by atoms with Gasteiger partial charge in [-0.1, -0.05) is 30.2 Å². The number of amidine groups is 1. The van der Waals surface area contributed by atoms with Crippen molar-refractivity contribution in [3.8, 4) is 34.5 Å². The van der Waals surface area contributed by atoms with Crippen molar-refractivity contribution < 1.29 is 17.9 Å². The Hall–Kier alpha value is -4.04. The average Bonchev–Trinajstić information content (AvgIpc) is 3.64. The fourth-order valence-corrected chi connectivity index (χ4v) is 8.27. The van der Waals surface area contributed by atoms with Crippen LogP contribution in [0.25, 0.3) is 21.2 Å². The minimum atomic E-state index is -2.91. The van der Waals surface area contributed by atoms with Crippen molar-refractivity contribution in [3.63, 3.8) is 0 Å². The number of hydrogen-bond donors (Lipinski definition) is 3. The van der Waals surface area contributed by atoms with E-state index >= 15 is 0 Å². The highest BCUT2D eigenvalue weighted by Crippen LogP contribution is 2.41. The van der Waals surface area contributed by atoms with Gasteiger partial charge in [0.25, 0.3) is 0 Å². The third-order valence-corrected chi connectivity index (χ3v) is 10.9. The number of ether oxygens (including phenoxy) is 2. The van der Waals surface area contributed by atoms with E-state index in [0.717, 1.165) is 34.0 Å². The standard InChI is InChI=1S/C34H36N4O4S2/c1-4-5-26(20-33-35-37-38-36-33)25-7-9-27(10-8-25)41-21-24-6-13-32-31(19-24)34(23(3)43-32)30-12-11-29(18-22(30)2)42-28-14-16-44(39,40)17-15-28/h6-13,18-19,26,28,37-38H,14-17,20-21H2,1-3H3,(H,35,36)/t26-/m0/s1. The molecule has 0 amide bonds. The molecule has 3 heterocycles. The largest absolute Gasteiger partial charge is 0.490 e. The van der Waals surface area contributed by atoms with Crippen LogP contribution >= 0.6 is 11.3 Å². The highest BCUT2D eigenvalue weighted by molar-refractivity contribution is 7.91. The highest BCUT2D eigenvalue weighted by atomic mass is 32.2. The first kappa shape index (κ1) is 30.0. The zero-order valence-corrected chi connectivity index (χ0v) is 26.7. The number of rotatable bonds is 9. The van der Waals surface area contributed by atoms with Gasteiger partial charge in [-0.05, 0) is 92.3 Å². The second-order valence-corrected chi connectivity index (χ2v) is 14.8. The number of aryl methyl sites for hydroxylation is 2. The lowest BCUT2D eigenvalue weighted by Gasteiger charge is -2.23. The molecule has 10 heteroatoms. The van der Waals surface area contributed by atoms with Crippen LogP contribution in [0.4, 0.5) is 0 Å². The highest BCUT2D eigenvalue weighted by Gasteiger charge is 2.25. The Morgan fingerprint density at radius 1 is 1.02 bits per heavy atom. The van der Waals surface area contributed by atoms with E-state index in [0.29, 0.717) is 25.9 Å². The van der Waals surface area contributed by atoms with Crippen LogP contribution in [0.3, 0.4) is 0 Å². The molecule has 0 unspecified atom stereocenters. The maximum Gasteiger partial charge on any atom is 0.150 e. The predicted octanol–water partition coefficient (Wildman–Crippen LogP) is 6.14. The molecule has 0 bridgehead atoms. The Kier molecular flexibility index (Phi) is 8.80. The van der Waals surface area contributed by atoms with Crippen LogP contribution in [0.1, 0.15) is 53.7 Å². The van der Waals surface area contributed by atoms with Crippen LogP contribution in [0.5, 0.6) is 11.5 Å². The van der Waals surface area contributed by atoms with Gasteiger partial charge in [0.1, 0.15) is 30.0 Å². The third-order valence-electron chi connectivity index (χ3n) is 8.06. The summed E-state index contributed by atoms with van der Waals surface area (Å²) in [4.78, 5) is 1.26. The van der Waals surface area contributed by atoms with Gasteiger partial charge in [0, 0.05) is 26.9 Å². The molecule has 8 nitrogen and oxygen atoms in total. The van der Waals surface area contributed by atoms with E-state index in [1.165, 1.54) is 26.1 Å².